The SMILES string of the molecule is Cn1c(=O)c2c(ncn2C)n(C)c1=O.O=C=O. The second-order valence-electron chi connectivity index (χ2n) is 3.32. The highest BCUT2D eigenvalue weighted by atomic mass is 16.2. The molecule has 0 saturated heterocycles. The first kappa shape index (κ1) is 12.6. The Kier molecular flexibility index (Phi) is 3.40. The molecule has 8 heteroatoms. The molecule has 0 aliphatic rings. The molecule has 2 heterocycles. The zero-order chi connectivity index (χ0) is 13.2. The second kappa shape index (κ2) is 4.58. The van der Waals surface area contributed by atoms with E-state index in [4.69, 9.17) is 9.59 Å². The fourth-order valence-electron chi connectivity index (χ4n) is 1.47. The summed E-state index contributed by atoms with van der Waals surface area (Å²) < 4.78 is 4.04. The summed E-state index contributed by atoms with van der Waals surface area (Å²) in [7, 11) is 4.77. The Hall–Kier alpha value is -2.47. The third-order valence-corrected chi connectivity index (χ3v) is 2.32. The van der Waals surface area contributed by atoms with Crippen molar-refractivity contribution in [2.75, 3.05) is 0 Å². The van der Waals surface area contributed by atoms with E-state index in [9.17, 15) is 9.59 Å². The van der Waals surface area contributed by atoms with E-state index in [-0.39, 0.29) is 17.4 Å². The minimum atomic E-state index is -0.360. The van der Waals surface area contributed by atoms with E-state index in [1.807, 2.05) is 0 Å². The number of hydrogen-bond acceptors (Lipinski definition) is 5. The van der Waals surface area contributed by atoms with Gasteiger partial charge in [0.1, 0.15) is 0 Å². The Morgan fingerprint density at radius 3 is 2.18 bits per heavy atom. The predicted molar refractivity (Wildman–Crippen MR) is 56.2 cm³/mol. The number of imidazole rings is 1. The maximum absolute atomic E-state index is 11.7. The molecule has 0 aliphatic heterocycles. The summed E-state index contributed by atoms with van der Waals surface area (Å²) in [6, 6.07) is 0. The summed E-state index contributed by atoms with van der Waals surface area (Å²) >= 11 is 0. The zero-order valence-electron chi connectivity index (χ0n) is 9.50. The van der Waals surface area contributed by atoms with E-state index in [0.29, 0.717) is 11.2 Å². The van der Waals surface area contributed by atoms with Crippen molar-refractivity contribution in [3.8, 4) is 0 Å². The summed E-state index contributed by atoms with van der Waals surface area (Å²) in [5, 5.41) is 0. The molecule has 8 nitrogen and oxygen atoms in total. The number of aryl methyl sites for hydroxylation is 2. The molecule has 0 spiro atoms. The number of hydrogen-bond donors (Lipinski definition) is 0. The molecule has 0 N–H and O–H groups in total. The monoisotopic (exact) mass is 238 g/mol. The van der Waals surface area contributed by atoms with Crippen LogP contribution in [0.3, 0.4) is 0 Å². The third-order valence-electron chi connectivity index (χ3n) is 2.32. The molecule has 0 radical (unpaired) electrons. The van der Waals surface area contributed by atoms with Gasteiger partial charge < -0.3 is 4.57 Å². The minimum Gasteiger partial charge on any atom is -0.328 e. The van der Waals surface area contributed by atoms with Crippen molar-refractivity contribution < 1.29 is 9.59 Å². The maximum atomic E-state index is 11.7. The lowest BCUT2D eigenvalue weighted by atomic mass is 10.5. The van der Waals surface area contributed by atoms with Gasteiger partial charge in [-0.25, -0.2) is 9.78 Å². The standard InChI is InChI=1S/C8H10N4O2.CO2/c1-10-4-9-6-5(10)7(13)12(3)8(14)11(6)2;2-1-3/h4H,1-3H3;. The summed E-state index contributed by atoms with van der Waals surface area (Å²) in [5.41, 5.74) is 0.180. The number of rotatable bonds is 0. The first-order valence-corrected chi connectivity index (χ1v) is 4.52. The molecule has 0 unspecified atom stereocenters. The van der Waals surface area contributed by atoms with Gasteiger partial charge in [-0.1, -0.05) is 0 Å². The van der Waals surface area contributed by atoms with E-state index in [1.54, 1.807) is 18.7 Å². The van der Waals surface area contributed by atoms with E-state index in [0.717, 1.165) is 4.57 Å². The molecule has 0 atom stereocenters. The predicted octanol–water partition coefficient (Wildman–Crippen LogP) is -1.61. The van der Waals surface area contributed by atoms with Crippen molar-refractivity contribution in [2.45, 2.75) is 0 Å². The number of nitrogens with zero attached hydrogens (tertiary/aromatic N) is 4. The van der Waals surface area contributed by atoms with Crippen LogP contribution in [0, 0.1) is 0 Å². The zero-order valence-corrected chi connectivity index (χ0v) is 9.50. The largest absolute Gasteiger partial charge is 0.373 e. The van der Waals surface area contributed by atoms with Crippen LogP contribution in [0.4, 0.5) is 0 Å². The summed E-state index contributed by atoms with van der Waals surface area (Å²) in [4.78, 5) is 43.4. The van der Waals surface area contributed by atoms with Gasteiger partial charge in [-0.2, -0.15) is 9.59 Å². The fraction of sp³-hybridized carbons (Fsp3) is 0.333. The lowest BCUT2D eigenvalue weighted by Crippen LogP contribution is -2.37. The highest BCUT2D eigenvalue weighted by molar-refractivity contribution is 5.69. The first-order chi connectivity index (χ1) is 7.95. The van der Waals surface area contributed by atoms with Crippen molar-refractivity contribution >= 4 is 17.3 Å². The summed E-state index contributed by atoms with van der Waals surface area (Å²) in [6.45, 7) is 0. The second-order valence-corrected chi connectivity index (χ2v) is 3.32. The fourth-order valence-corrected chi connectivity index (χ4v) is 1.47. The topological polar surface area (TPSA) is 96.0 Å². The van der Waals surface area contributed by atoms with Gasteiger partial charge in [0.15, 0.2) is 11.2 Å². The van der Waals surface area contributed by atoms with E-state index < -0.39 is 0 Å². The molecule has 2 aromatic rings. The van der Waals surface area contributed by atoms with E-state index in [2.05, 4.69) is 4.98 Å². The van der Waals surface area contributed by atoms with Crippen molar-refractivity contribution in [1.29, 1.82) is 0 Å². The third kappa shape index (κ3) is 1.93. The van der Waals surface area contributed by atoms with Crippen LogP contribution in [0.1, 0.15) is 0 Å². The molecule has 17 heavy (non-hydrogen) atoms. The molecule has 0 saturated carbocycles. The maximum Gasteiger partial charge on any atom is 0.373 e. The normalized spacial score (nSPS) is 9.59. The molecule has 0 amide bonds. The van der Waals surface area contributed by atoms with Gasteiger partial charge in [0.2, 0.25) is 0 Å². The Morgan fingerprint density at radius 1 is 1.12 bits per heavy atom. The van der Waals surface area contributed by atoms with Crippen molar-refractivity contribution in [1.82, 2.24) is 18.7 Å². The summed E-state index contributed by atoms with van der Waals surface area (Å²) in [6.07, 6.45) is 1.77. The first-order valence-electron chi connectivity index (χ1n) is 4.52. The highest BCUT2D eigenvalue weighted by Gasteiger charge is 2.11. The van der Waals surface area contributed by atoms with Gasteiger partial charge >= 0.3 is 11.8 Å². The number of aromatic nitrogens is 4. The smallest absolute Gasteiger partial charge is 0.328 e. The Labute approximate surface area is 94.7 Å². The molecule has 0 bridgehead atoms. The molecule has 90 valence electrons. The van der Waals surface area contributed by atoms with E-state index in [1.165, 1.54) is 17.9 Å². The molecule has 0 fully saturated rings. The van der Waals surface area contributed by atoms with Gasteiger partial charge in [-0.05, 0) is 0 Å². The van der Waals surface area contributed by atoms with Crippen LogP contribution in [0.5, 0.6) is 0 Å². The van der Waals surface area contributed by atoms with Gasteiger partial charge in [-0.15, -0.1) is 0 Å². The van der Waals surface area contributed by atoms with Crippen LogP contribution in [0.25, 0.3) is 11.2 Å². The van der Waals surface area contributed by atoms with Crippen LogP contribution in [-0.2, 0) is 30.7 Å². The van der Waals surface area contributed by atoms with Gasteiger partial charge in [-0.3, -0.25) is 13.9 Å². The molecule has 2 rings (SSSR count). The van der Waals surface area contributed by atoms with Crippen molar-refractivity contribution in [2.24, 2.45) is 21.1 Å². The van der Waals surface area contributed by atoms with Crippen LogP contribution >= 0.6 is 0 Å². The average molecular weight is 238 g/mol. The number of fused-ring (bicyclic) bond motifs is 1. The molecular formula is C9H10N4O4. The molecule has 2 aromatic heterocycles. The Bertz CT molecular complexity index is 700. The van der Waals surface area contributed by atoms with Gasteiger partial charge in [0, 0.05) is 21.1 Å². The minimum absolute atomic E-state index is 0.250. The van der Waals surface area contributed by atoms with Gasteiger partial charge in [0.05, 0.1) is 6.33 Å². The molecule has 0 aromatic carbocycles. The van der Waals surface area contributed by atoms with Crippen LogP contribution < -0.4 is 11.2 Å². The quantitative estimate of drug-likeness (QED) is 0.550. The molecular weight excluding hydrogens is 228 g/mol. The summed E-state index contributed by atoms with van der Waals surface area (Å²) in [5.74, 6) is 0. The molecule has 0 aliphatic carbocycles. The van der Waals surface area contributed by atoms with Gasteiger partial charge in [0.25, 0.3) is 5.56 Å². The lowest BCUT2D eigenvalue weighted by Gasteiger charge is -2.02. The van der Waals surface area contributed by atoms with Crippen LogP contribution in [0.15, 0.2) is 15.9 Å². The Morgan fingerprint density at radius 2 is 1.65 bits per heavy atom. The highest BCUT2D eigenvalue weighted by Crippen LogP contribution is 2.01. The van der Waals surface area contributed by atoms with E-state index >= 15 is 0 Å². The average Bonchev–Trinajstić information content (AvgIpc) is 2.67. The number of carbonyl (C=O) groups excluding carboxylic acids is 2. The van der Waals surface area contributed by atoms with Crippen molar-refractivity contribution in [3.05, 3.63) is 27.2 Å². The van der Waals surface area contributed by atoms with Crippen LogP contribution in [0.2, 0.25) is 0 Å². The van der Waals surface area contributed by atoms with Crippen LogP contribution in [-0.4, -0.2) is 24.8 Å². The van der Waals surface area contributed by atoms with Crippen molar-refractivity contribution in [3.63, 3.8) is 0 Å². The lowest BCUT2D eigenvalue weighted by molar-refractivity contribution is -0.191. The Balaban J connectivity index is 0.000000437.